The molecule has 0 N–H and O–H groups in total. The van der Waals surface area contributed by atoms with Crippen molar-refractivity contribution in [2.45, 2.75) is 182 Å². The van der Waals surface area contributed by atoms with Crippen LogP contribution in [0.1, 0.15) is 182 Å². The molecular formula is C34H66O2. The molecule has 0 aromatic heterocycles. The first-order valence-corrected chi connectivity index (χ1v) is 16.3. The van der Waals surface area contributed by atoms with Gasteiger partial charge in [-0.05, 0) is 31.6 Å². The van der Waals surface area contributed by atoms with Crippen LogP contribution in [0.4, 0.5) is 0 Å². The molecule has 0 saturated carbocycles. The van der Waals surface area contributed by atoms with Crippen molar-refractivity contribution in [1.82, 2.24) is 0 Å². The van der Waals surface area contributed by atoms with Crippen LogP contribution in [0.3, 0.4) is 0 Å². The summed E-state index contributed by atoms with van der Waals surface area (Å²) in [6.07, 6.45) is 32.8. The van der Waals surface area contributed by atoms with E-state index >= 15 is 0 Å². The molecule has 0 heterocycles. The minimum absolute atomic E-state index is 0.220. The van der Waals surface area contributed by atoms with Crippen LogP contribution in [0, 0.1) is 11.8 Å². The zero-order valence-electron chi connectivity index (χ0n) is 25.4. The Hall–Kier alpha value is -0.790. The second kappa shape index (κ2) is 27.3. The van der Waals surface area contributed by atoms with E-state index in [1.54, 1.807) is 6.92 Å². The molecule has 214 valence electrons. The van der Waals surface area contributed by atoms with Gasteiger partial charge in [0.2, 0.25) is 0 Å². The van der Waals surface area contributed by atoms with E-state index in [-0.39, 0.29) is 5.97 Å². The second-order valence-electron chi connectivity index (χ2n) is 11.9. The van der Waals surface area contributed by atoms with E-state index < -0.39 is 0 Å². The fourth-order valence-corrected chi connectivity index (χ4v) is 5.25. The molecule has 0 saturated heterocycles. The molecule has 2 atom stereocenters. The van der Waals surface area contributed by atoms with Gasteiger partial charge in [-0.3, -0.25) is 0 Å². The van der Waals surface area contributed by atoms with Crippen LogP contribution in [-0.2, 0) is 9.53 Å². The van der Waals surface area contributed by atoms with E-state index in [4.69, 9.17) is 4.74 Å². The zero-order chi connectivity index (χ0) is 26.7. The van der Waals surface area contributed by atoms with Crippen molar-refractivity contribution >= 4 is 5.97 Å². The highest BCUT2D eigenvalue weighted by Gasteiger charge is 2.13. The average Bonchev–Trinajstić information content (AvgIpc) is 2.86. The third-order valence-corrected chi connectivity index (χ3v) is 7.87. The lowest BCUT2D eigenvalue weighted by atomic mass is 9.91. The monoisotopic (exact) mass is 507 g/mol. The van der Waals surface area contributed by atoms with Gasteiger partial charge >= 0.3 is 5.97 Å². The third kappa shape index (κ3) is 24.9. The molecule has 0 rings (SSSR count). The molecule has 2 nitrogen and oxygen atoms in total. The minimum atomic E-state index is -0.220. The zero-order valence-corrected chi connectivity index (χ0v) is 25.4. The van der Waals surface area contributed by atoms with E-state index in [1.165, 1.54) is 154 Å². The molecule has 0 amide bonds. The largest absolute Gasteiger partial charge is 0.462 e. The van der Waals surface area contributed by atoms with E-state index in [9.17, 15) is 4.79 Å². The maximum absolute atomic E-state index is 11.9. The molecule has 0 aromatic rings. The maximum Gasteiger partial charge on any atom is 0.333 e. The quantitative estimate of drug-likeness (QED) is 0.0599. The lowest BCUT2D eigenvalue weighted by Gasteiger charge is -2.18. The molecule has 0 radical (unpaired) electrons. The SMILES string of the molecule is C=C(C)C(=O)OCC(CCCCCCCCCCCCCC)CCCC(C)CCCCCCCCC. The lowest BCUT2D eigenvalue weighted by molar-refractivity contribution is -0.140. The lowest BCUT2D eigenvalue weighted by Crippen LogP contribution is -2.15. The number of carbonyl (C=O) groups is 1. The van der Waals surface area contributed by atoms with E-state index in [0.717, 1.165) is 5.92 Å². The molecule has 0 aromatic carbocycles. The van der Waals surface area contributed by atoms with Crippen LogP contribution < -0.4 is 0 Å². The van der Waals surface area contributed by atoms with Crippen LogP contribution in [0.2, 0.25) is 0 Å². The Balaban J connectivity index is 3.96. The standard InChI is InChI=1S/C34H66O2/c1-6-8-10-12-14-15-16-17-18-20-22-24-28-33(30-36-34(35)31(3)4)29-25-27-32(5)26-23-21-19-13-11-9-7-2/h32-33H,3,6-30H2,1-2,4-5H3. The molecule has 0 aliphatic carbocycles. The summed E-state index contributed by atoms with van der Waals surface area (Å²) >= 11 is 0. The number of hydrogen-bond acceptors (Lipinski definition) is 2. The summed E-state index contributed by atoms with van der Waals surface area (Å²) < 4.78 is 5.56. The first-order chi connectivity index (χ1) is 17.5. The Morgan fingerprint density at radius 3 is 1.39 bits per heavy atom. The van der Waals surface area contributed by atoms with Gasteiger partial charge in [-0.15, -0.1) is 0 Å². The van der Waals surface area contributed by atoms with Crippen LogP contribution >= 0.6 is 0 Å². The second-order valence-corrected chi connectivity index (χ2v) is 11.9. The Labute approximate surface area is 227 Å². The van der Waals surface area contributed by atoms with Gasteiger partial charge in [0.05, 0.1) is 6.61 Å². The Kier molecular flexibility index (Phi) is 26.7. The molecular weight excluding hydrogens is 440 g/mol. The van der Waals surface area contributed by atoms with Crippen LogP contribution in [-0.4, -0.2) is 12.6 Å². The van der Waals surface area contributed by atoms with Crippen molar-refractivity contribution in [2.75, 3.05) is 6.61 Å². The van der Waals surface area contributed by atoms with Crippen LogP contribution in [0.25, 0.3) is 0 Å². The number of ether oxygens (including phenoxy) is 1. The smallest absolute Gasteiger partial charge is 0.333 e. The van der Waals surface area contributed by atoms with Crippen molar-refractivity contribution in [3.63, 3.8) is 0 Å². The number of rotatable bonds is 28. The van der Waals surface area contributed by atoms with Gasteiger partial charge in [0.15, 0.2) is 0 Å². The number of carbonyl (C=O) groups excluding carboxylic acids is 1. The van der Waals surface area contributed by atoms with Crippen LogP contribution in [0.5, 0.6) is 0 Å². The van der Waals surface area contributed by atoms with Gasteiger partial charge in [-0.25, -0.2) is 4.79 Å². The fraction of sp³-hybridized carbons (Fsp3) is 0.912. The molecule has 0 aliphatic rings. The summed E-state index contributed by atoms with van der Waals surface area (Å²) in [5.74, 6) is 1.12. The maximum atomic E-state index is 11.9. The van der Waals surface area contributed by atoms with Gasteiger partial charge in [0.1, 0.15) is 0 Å². The van der Waals surface area contributed by atoms with E-state index in [0.29, 0.717) is 18.1 Å². The molecule has 0 fully saturated rings. The van der Waals surface area contributed by atoms with Crippen LogP contribution in [0.15, 0.2) is 12.2 Å². The predicted molar refractivity (Wildman–Crippen MR) is 161 cm³/mol. The predicted octanol–water partition coefficient (Wildman–Crippen LogP) is 11.8. The van der Waals surface area contributed by atoms with Crippen molar-refractivity contribution < 1.29 is 9.53 Å². The van der Waals surface area contributed by atoms with Crippen molar-refractivity contribution in [3.05, 3.63) is 12.2 Å². The molecule has 0 bridgehead atoms. The summed E-state index contributed by atoms with van der Waals surface area (Å²) in [6.45, 7) is 13.1. The van der Waals surface area contributed by atoms with Gasteiger partial charge in [-0.1, -0.05) is 169 Å². The number of esters is 1. The number of unbranched alkanes of at least 4 members (excludes halogenated alkanes) is 17. The fourth-order valence-electron chi connectivity index (χ4n) is 5.25. The average molecular weight is 507 g/mol. The van der Waals surface area contributed by atoms with Crippen molar-refractivity contribution in [1.29, 1.82) is 0 Å². The topological polar surface area (TPSA) is 26.3 Å². The Morgan fingerprint density at radius 1 is 0.583 bits per heavy atom. The van der Waals surface area contributed by atoms with Gasteiger partial charge in [-0.2, -0.15) is 0 Å². The highest BCUT2D eigenvalue weighted by molar-refractivity contribution is 5.86. The van der Waals surface area contributed by atoms with Gasteiger partial charge in [0.25, 0.3) is 0 Å². The molecule has 2 heteroatoms. The number of hydrogen-bond donors (Lipinski definition) is 0. The molecule has 0 spiro atoms. The molecule has 0 aliphatic heterocycles. The summed E-state index contributed by atoms with van der Waals surface area (Å²) in [5.41, 5.74) is 0.516. The molecule has 2 unspecified atom stereocenters. The highest BCUT2D eigenvalue weighted by Crippen LogP contribution is 2.23. The first-order valence-electron chi connectivity index (χ1n) is 16.3. The van der Waals surface area contributed by atoms with Crippen molar-refractivity contribution in [3.8, 4) is 0 Å². The van der Waals surface area contributed by atoms with Crippen molar-refractivity contribution in [2.24, 2.45) is 11.8 Å². The summed E-state index contributed by atoms with van der Waals surface area (Å²) in [6, 6.07) is 0. The third-order valence-electron chi connectivity index (χ3n) is 7.87. The molecule has 36 heavy (non-hydrogen) atoms. The Bertz CT molecular complexity index is 484. The first kappa shape index (κ1) is 35.2. The Morgan fingerprint density at radius 2 is 0.944 bits per heavy atom. The van der Waals surface area contributed by atoms with Gasteiger partial charge in [0, 0.05) is 5.57 Å². The normalized spacial score (nSPS) is 13.0. The van der Waals surface area contributed by atoms with E-state index in [1.807, 2.05) is 0 Å². The minimum Gasteiger partial charge on any atom is -0.462 e. The summed E-state index contributed by atoms with van der Waals surface area (Å²) in [4.78, 5) is 11.9. The summed E-state index contributed by atoms with van der Waals surface area (Å²) in [5, 5.41) is 0. The van der Waals surface area contributed by atoms with Gasteiger partial charge < -0.3 is 4.74 Å². The summed E-state index contributed by atoms with van der Waals surface area (Å²) in [7, 11) is 0. The van der Waals surface area contributed by atoms with E-state index in [2.05, 4.69) is 27.4 Å². The highest BCUT2D eigenvalue weighted by atomic mass is 16.5.